The number of rotatable bonds is 4. The molecule has 0 saturated carbocycles. The summed E-state index contributed by atoms with van der Waals surface area (Å²) >= 11 is 5.27. The van der Waals surface area contributed by atoms with E-state index in [1.54, 1.807) is 25.1 Å². The van der Waals surface area contributed by atoms with E-state index < -0.39 is 17.6 Å². The molecule has 0 fully saturated rings. The first-order valence-electron chi connectivity index (χ1n) is 9.28. The van der Waals surface area contributed by atoms with Crippen LogP contribution in [0.15, 0.2) is 52.1 Å². The Morgan fingerprint density at radius 3 is 2.34 bits per heavy atom. The number of furan rings is 1. The lowest BCUT2D eigenvalue weighted by Gasteiger charge is -2.30. The standard InChI is InChI=1S/C22H24N2O4S/c1-12-18(20(26)28-22(3,4)5)19(24-21(29)23-12)17-11-10-16(27-17)15-8-6-14(7-9-15)13(2)25/h6-11,19H,1-5H3,(H2,23,24,29). The van der Waals surface area contributed by atoms with Crippen molar-refractivity contribution in [1.82, 2.24) is 10.6 Å². The van der Waals surface area contributed by atoms with Gasteiger partial charge in [0, 0.05) is 16.8 Å². The summed E-state index contributed by atoms with van der Waals surface area (Å²) in [5.41, 5.74) is 1.88. The number of hydrogen-bond donors (Lipinski definition) is 2. The van der Waals surface area contributed by atoms with Crippen LogP contribution in [0.2, 0.25) is 0 Å². The van der Waals surface area contributed by atoms with Gasteiger partial charge in [-0.25, -0.2) is 4.79 Å². The lowest BCUT2D eigenvalue weighted by Crippen LogP contribution is -2.45. The molecule has 2 aromatic rings. The second-order valence-electron chi connectivity index (χ2n) is 7.91. The highest BCUT2D eigenvalue weighted by Crippen LogP contribution is 2.32. The van der Waals surface area contributed by atoms with E-state index >= 15 is 0 Å². The highest BCUT2D eigenvalue weighted by Gasteiger charge is 2.34. The number of Topliss-reactive ketones (excluding diaryl/α,β-unsaturated/α-hetero) is 1. The van der Waals surface area contributed by atoms with E-state index in [4.69, 9.17) is 21.4 Å². The molecule has 6 nitrogen and oxygen atoms in total. The maximum atomic E-state index is 12.8. The van der Waals surface area contributed by atoms with Crippen molar-refractivity contribution in [2.45, 2.75) is 46.3 Å². The van der Waals surface area contributed by atoms with Crippen molar-refractivity contribution >= 4 is 29.1 Å². The molecular formula is C22H24N2O4S. The van der Waals surface area contributed by atoms with Crippen molar-refractivity contribution in [3.63, 3.8) is 0 Å². The molecule has 1 atom stereocenters. The van der Waals surface area contributed by atoms with Gasteiger partial charge < -0.3 is 19.8 Å². The first-order valence-corrected chi connectivity index (χ1v) is 9.69. The number of hydrogen-bond acceptors (Lipinski definition) is 5. The maximum Gasteiger partial charge on any atom is 0.338 e. The normalized spacial score (nSPS) is 16.9. The van der Waals surface area contributed by atoms with Crippen LogP contribution in [-0.2, 0) is 9.53 Å². The number of ketones is 1. The van der Waals surface area contributed by atoms with Crippen LogP contribution in [0.3, 0.4) is 0 Å². The third-order valence-corrected chi connectivity index (χ3v) is 4.60. The minimum atomic E-state index is -0.625. The van der Waals surface area contributed by atoms with Crippen LogP contribution >= 0.6 is 12.2 Å². The largest absolute Gasteiger partial charge is 0.459 e. The molecule has 1 aliphatic rings. The van der Waals surface area contributed by atoms with E-state index in [2.05, 4.69) is 10.6 Å². The van der Waals surface area contributed by atoms with Crippen LogP contribution in [0.5, 0.6) is 0 Å². The molecule has 2 N–H and O–H groups in total. The molecular weight excluding hydrogens is 388 g/mol. The monoisotopic (exact) mass is 412 g/mol. The molecule has 1 aliphatic heterocycles. The number of carbonyl (C=O) groups excluding carboxylic acids is 2. The predicted octanol–water partition coefficient (Wildman–Crippen LogP) is 4.28. The summed E-state index contributed by atoms with van der Waals surface area (Å²) in [5.74, 6) is 0.736. The van der Waals surface area contributed by atoms with Crippen molar-refractivity contribution in [2.24, 2.45) is 0 Å². The summed E-state index contributed by atoms with van der Waals surface area (Å²) < 4.78 is 11.6. The van der Waals surface area contributed by atoms with E-state index in [1.165, 1.54) is 6.92 Å². The quantitative estimate of drug-likeness (QED) is 0.441. The number of allylic oxidation sites excluding steroid dienone is 1. The number of esters is 1. The molecule has 0 amide bonds. The van der Waals surface area contributed by atoms with Crippen LogP contribution in [0.25, 0.3) is 11.3 Å². The molecule has 1 aromatic heterocycles. The number of ether oxygens (including phenoxy) is 1. The summed E-state index contributed by atoms with van der Waals surface area (Å²) in [6.07, 6.45) is 0. The lowest BCUT2D eigenvalue weighted by molar-refractivity contribution is -0.150. The summed E-state index contributed by atoms with van der Waals surface area (Å²) in [6, 6.07) is 10.2. The van der Waals surface area contributed by atoms with Crippen molar-refractivity contribution in [1.29, 1.82) is 0 Å². The molecule has 0 saturated heterocycles. The van der Waals surface area contributed by atoms with E-state index in [-0.39, 0.29) is 5.78 Å². The highest BCUT2D eigenvalue weighted by molar-refractivity contribution is 7.80. The summed E-state index contributed by atoms with van der Waals surface area (Å²) in [5, 5.41) is 6.47. The molecule has 1 aromatic carbocycles. The van der Waals surface area contributed by atoms with Gasteiger partial charge in [-0.15, -0.1) is 0 Å². The molecule has 0 spiro atoms. The Kier molecular flexibility index (Phi) is 5.61. The van der Waals surface area contributed by atoms with E-state index in [0.717, 1.165) is 5.56 Å². The molecule has 29 heavy (non-hydrogen) atoms. The van der Waals surface area contributed by atoms with Crippen LogP contribution in [0.1, 0.15) is 56.8 Å². The first-order chi connectivity index (χ1) is 13.5. The minimum Gasteiger partial charge on any atom is -0.459 e. The van der Waals surface area contributed by atoms with Gasteiger partial charge in [0.1, 0.15) is 23.2 Å². The van der Waals surface area contributed by atoms with Crippen LogP contribution < -0.4 is 10.6 Å². The zero-order valence-electron chi connectivity index (χ0n) is 17.1. The molecule has 0 radical (unpaired) electrons. The summed E-state index contributed by atoms with van der Waals surface area (Å²) in [4.78, 5) is 24.3. The van der Waals surface area contributed by atoms with Crippen molar-refractivity contribution in [2.75, 3.05) is 0 Å². The summed E-state index contributed by atoms with van der Waals surface area (Å²) in [7, 11) is 0. The van der Waals surface area contributed by atoms with E-state index in [1.807, 2.05) is 39.0 Å². The fraction of sp³-hybridized carbons (Fsp3) is 0.318. The molecule has 2 heterocycles. The Balaban J connectivity index is 1.93. The molecule has 3 rings (SSSR count). The zero-order chi connectivity index (χ0) is 21.3. The van der Waals surface area contributed by atoms with Crippen LogP contribution in [0.4, 0.5) is 0 Å². The fourth-order valence-electron chi connectivity index (χ4n) is 3.04. The van der Waals surface area contributed by atoms with Gasteiger partial charge in [-0.2, -0.15) is 0 Å². The Labute approximate surface area is 175 Å². The van der Waals surface area contributed by atoms with E-state index in [9.17, 15) is 9.59 Å². The van der Waals surface area contributed by atoms with Gasteiger partial charge >= 0.3 is 5.97 Å². The molecule has 0 bridgehead atoms. The average Bonchev–Trinajstić information content (AvgIpc) is 3.09. The Bertz CT molecular complexity index is 997. The molecule has 7 heteroatoms. The Morgan fingerprint density at radius 1 is 1.10 bits per heavy atom. The molecule has 152 valence electrons. The second-order valence-corrected chi connectivity index (χ2v) is 8.32. The second kappa shape index (κ2) is 7.83. The maximum absolute atomic E-state index is 12.8. The smallest absolute Gasteiger partial charge is 0.338 e. The van der Waals surface area contributed by atoms with Gasteiger partial charge in [0.15, 0.2) is 10.9 Å². The topological polar surface area (TPSA) is 80.6 Å². The van der Waals surface area contributed by atoms with Gasteiger partial charge in [-0.1, -0.05) is 24.3 Å². The fourth-order valence-corrected chi connectivity index (χ4v) is 3.31. The van der Waals surface area contributed by atoms with Crippen LogP contribution in [-0.4, -0.2) is 22.5 Å². The third kappa shape index (κ3) is 4.74. The minimum absolute atomic E-state index is 0.00622. The molecule has 1 unspecified atom stereocenters. The van der Waals surface area contributed by atoms with Gasteiger partial charge in [-0.3, -0.25) is 4.79 Å². The summed E-state index contributed by atoms with van der Waals surface area (Å²) in [6.45, 7) is 8.77. The highest BCUT2D eigenvalue weighted by atomic mass is 32.1. The Hall–Kier alpha value is -2.93. The third-order valence-electron chi connectivity index (χ3n) is 4.38. The number of thiocarbonyl (C=S) groups is 1. The molecule has 0 aliphatic carbocycles. The van der Waals surface area contributed by atoms with Crippen molar-refractivity contribution in [3.8, 4) is 11.3 Å². The van der Waals surface area contributed by atoms with Gasteiger partial charge in [0.05, 0.1) is 5.57 Å². The van der Waals surface area contributed by atoms with Gasteiger partial charge in [0.25, 0.3) is 0 Å². The SMILES string of the molecule is CC(=O)c1ccc(-c2ccc(C3NC(=S)NC(C)=C3C(=O)OC(C)(C)C)o2)cc1. The Morgan fingerprint density at radius 2 is 1.76 bits per heavy atom. The van der Waals surface area contributed by atoms with Gasteiger partial charge in [-0.05, 0) is 59.0 Å². The van der Waals surface area contributed by atoms with Gasteiger partial charge in [0.2, 0.25) is 0 Å². The number of benzene rings is 1. The first kappa shape index (κ1) is 20.8. The van der Waals surface area contributed by atoms with Crippen LogP contribution in [0, 0.1) is 0 Å². The number of carbonyl (C=O) groups is 2. The van der Waals surface area contributed by atoms with Crippen molar-refractivity contribution in [3.05, 3.63) is 59.0 Å². The lowest BCUT2D eigenvalue weighted by atomic mass is 10.0. The predicted molar refractivity (Wildman–Crippen MR) is 114 cm³/mol. The average molecular weight is 413 g/mol. The number of nitrogens with one attached hydrogen (secondary N) is 2. The van der Waals surface area contributed by atoms with Crippen molar-refractivity contribution < 1.29 is 18.7 Å². The van der Waals surface area contributed by atoms with E-state index in [0.29, 0.717) is 33.5 Å². The zero-order valence-corrected chi connectivity index (χ0v) is 17.9.